The van der Waals surface area contributed by atoms with Crippen molar-refractivity contribution in [2.45, 2.75) is 316 Å². The molecule has 0 aromatic heterocycles. The van der Waals surface area contributed by atoms with Crippen molar-refractivity contribution in [1.29, 1.82) is 0 Å². The Balaban J connectivity index is 4.28. The average Bonchev–Trinajstić information content (AvgIpc) is 3.29. The van der Waals surface area contributed by atoms with Gasteiger partial charge in [-0.2, -0.15) is 0 Å². The van der Waals surface area contributed by atoms with E-state index in [0.717, 1.165) is 70.6 Å². The molecule has 0 fully saturated rings. The molecule has 376 valence electrons. The fraction of sp³-hybridized carbons (Fsp3) is 0.879. The van der Waals surface area contributed by atoms with Crippen molar-refractivity contribution in [1.82, 2.24) is 0 Å². The Labute approximate surface area is 398 Å². The Bertz CT molecular complexity index is 1040. The van der Waals surface area contributed by atoms with Gasteiger partial charge in [0.25, 0.3) is 0 Å². The second-order valence-corrected chi connectivity index (χ2v) is 19.2. The van der Waals surface area contributed by atoms with Gasteiger partial charge in [0.1, 0.15) is 13.2 Å². The molecule has 0 aliphatic rings. The van der Waals surface area contributed by atoms with E-state index in [9.17, 15) is 14.4 Å². The summed E-state index contributed by atoms with van der Waals surface area (Å²) in [6.07, 6.45) is 61.7. The van der Waals surface area contributed by atoms with Crippen LogP contribution in [0.1, 0.15) is 310 Å². The van der Waals surface area contributed by atoms with Crippen molar-refractivity contribution in [3.63, 3.8) is 0 Å². The summed E-state index contributed by atoms with van der Waals surface area (Å²) in [6, 6.07) is 0. The fourth-order valence-electron chi connectivity index (χ4n) is 8.42. The highest BCUT2D eigenvalue weighted by atomic mass is 16.6. The average molecular weight is 901 g/mol. The van der Waals surface area contributed by atoms with Gasteiger partial charge in [0, 0.05) is 19.3 Å². The highest BCUT2D eigenvalue weighted by Crippen LogP contribution is 2.17. The van der Waals surface area contributed by atoms with Gasteiger partial charge in [-0.25, -0.2) is 0 Å². The van der Waals surface area contributed by atoms with Crippen LogP contribution in [0.15, 0.2) is 24.3 Å². The Kier molecular flexibility index (Phi) is 51.7. The van der Waals surface area contributed by atoms with Gasteiger partial charge < -0.3 is 14.2 Å². The Morgan fingerprint density at radius 3 is 0.875 bits per heavy atom. The summed E-state index contributed by atoms with van der Waals surface area (Å²) in [5.74, 6) is -0.883. The zero-order valence-electron chi connectivity index (χ0n) is 43.1. The monoisotopic (exact) mass is 901 g/mol. The second-order valence-electron chi connectivity index (χ2n) is 19.2. The van der Waals surface area contributed by atoms with Crippen LogP contribution in [0.2, 0.25) is 0 Å². The quantitative estimate of drug-likeness (QED) is 0.0262. The second kappa shape index (κ2) is 53.5. The van der Waals surface area contributed by atoms with Crippen LogP contribution >= 0.6 is 0 Å². The van der Waals surface area contributed by atoms with Crippen molar-refractivity contribution in [3.05, 3.63) is 24.3 Å². The van der Waals surface area contributed by atoms with Gasteiger partial charge in [-0.1, -0.05) is 276 Å². The molecule has 6 heteroatoms. The first-order chi connectivity index (χ1) is 31.5. The van der Waals surface area contributed by atoms with Crippen LogP contribution in [-0.2, 0) is 28.6 Å². The summed E-state index contributed by atoms with van der Waals surface area (Å²) in [5.41, 5.74) is 0. The van der Waals surface area contributed by atoms with Crippen LogP contribution < -0.4 is 0 Å². The zero-order chi connectivity index (χ0) is 46.5. The third-order valence-corrected chi connectivity index (χ3v) is 12.7. The van der Waals surface area contributed by atoms with Crippen LogP contribution in [-0.4, -0.2) is 37.2 Å². The molecule has 0 N–H and O–H groups in total. The Hall–Kier alpha value is -2.11. The lowest BCUT2D eigenvalue weighted by Gasteiger charge is -2.18. The number of allylic oxidation sites excluding steroid dienone is 4. The summed E-state index contributed by atoms with van der Waals surface area (Å²) in [4.78, 5) is 38.0. The lowest BCUT2D eigenvalue weighted by molar-refractivity contribution is -0.167. The van der Waals surface area contributed by atoms with Crippen molar-refractivity contribution in [2.24, 2.45) is 0 Å². The van der Waals surface area contributed by atoms with Gasteiger partial charge in [-0.05, 0) is 38.5 Å². The molecule has 0 spiro atoms. The van der Waals surface area contributed by atoms with Crippen molar-refractivity contribution >= 4 is 17.9 Å². The van der Waals surface area contributed by atoms with E-state index in [-0.39, 0.29) is 31.1 Å². The van der Waals surface area contributed by atoms with E-state index in [1.807, 2.05) is 0 Å². The van der Waals surface area contributed by atoms with Crippen molar-refractivity contribution in [2.75, 3.05) is 13.2 Å². The third-order valence-electron chi connectivity index (χ3n) is 12.7. The first-order valence-corrected chi connectivity index (χ1v) is 28.4. The van der Waals surface area contributed by atoms with E-state index >= 15 is 0 Å². The maximum absolute atomic E-state index is 12.8. The molecule has 0 aliphatic carbocycles. The molecule has 0 aromatic rings. The van der Waals surface area contributed by atoms with Crippen LogP contribution in [0.25, 0.3) is 0 Å². The molecule has 0 saturated carbocycles. The van der Waals surface area contributed by atoms with Crippen molar-refractivity contribution in [3.8, 4) is 0 Å². The molecule has 0 rings (SSSR count). The molecular weight excluding hydrogens is 793 g/mol. The Morgan fingerprint density at radius 1 is 0.312 bits per heavy atom. The number of unbranched alkanes of at least 4 members (excludes halogenated alkanes) is 38. The molecule has 1 atom stereocenters. The van der Waals surface area contributed by atoms with E-state index in [1.165, 1.54) is 199 Å². The van der Waals surface area contributed by atoms with Gasteiger partial charge in [0.15, 0.2) is 6.10 Å². The van der Waals surface area contributed by atoms with Crippen molar-refractivity contribution < 1.29 is 28.6 Å². The number of carbonyl (C=O) groups excluding carboxylic acids is 3. The molecule has 0 radical (unpaired) electrons. The van der Waals surface area contributed by atoms with Crippen LogP contribution in [0.4, 0.5) is 0 Å². The topological polar surface area (TPSA) is 78.9 Å². The zero-order valence-corrected chi connectivity index (χ0v) is 43.1. The normalized spacial score (nSPS) is 12.1. The van der Waals surface area contributed by atoms with Gasteiger partial charge >= 0.3 is 17.9 Å². The SMILES string of the molecule is CCCC/C=C\C=C/CCCCCC(=O)OCC(COC(=O)CCCCCCCCCCCCCCCCCCCCC)OC(=O)CCCCCCCCCCCCCCCCCC. The molecule has 1 unspecified atom stereocenters. The van der Waals surface area contributed by atoms with E-state index in [4.69, 9.17) is 14.2 Å². The number of rotatable bonds is 52. The summed E-state index contributed by atoms with van der Waals surface area (Å²) in [7, 11) is 0. The van der Waals surface area contributed by atoms with Gasteiger partial charge in [0.2, 0.25) is 0 Å². The lowest BCUT2D eigenvalue weighted by Crippen LogP contribution is -2.30. The minimum atomic E-state index is -0.776. The molecule has 64 heavy (non-hydrogen) atoms. The molecular formula is C58H108O6. The highest BCUT2D eigenvalue weighted by molar-refractivity contribution is 5.71. The lowest BCUT2D eigenvalue weighted by atomic mass is 10.0. The maximum atomic E-state index is 12.8. The minimum absolute atomic E-state index is 0.0742. The number of ether oxygens (including phenoxy) is 3. The third kappa shape index (κ3) is 50.9. The van der Waals surface area contributed by atoms with Gasteiger partial charge in [-0.15, -0.1) is 0 Å². The van der Waals surface area contributed by atoms with Crippen LogP contribution in [0.5, 0.6) is 0 Å². The highest BCUT2D eigenvalue weighted by Gasteiger charge is 2.19. The summed E-state index contributed by atoms with van der Waals surface area (Å²) in [6.45, 7) is 6.61. The molecule has 0 bridgehead atoms. The van der Waals surface area contributed by atoms with Crippen LogP contribution in [0.3, 0.4) is 0 Å². The molecule has 0 amide bonds. The summed E-state index contributed by atoms with van der Waals surface area (Å²) < 4.78 is 16.8. The number of hydrogen-bond donors (Lipinski definition) is 0. The number of esters is 3. The number of hydrogen-bond acceptors (Lipinski definition) is 6. The molecule has 0 aromatic carbocycles. The first kappa shape index (κ1) is 61.9. The van der Waals surface area contributed by atoms with E-state index < -0.39 is 6.10 Å². The standard InChI is InChI=1S/C58H108O6/c1-4-7-10-13-16-19-22-24-26-28-29-30-32-33-36-39-42-45-48-51-57(60)63-54-55(53-62-56(59)50-47-44-41-38-35-21-18-15-12-9-6-3)64-58(61)52-49-46-43-40-37-34-31-27-25-23-20-17-14-11-8-5-2/h15,18,21,35,55H,4-14,16-17,19-20,22-34,36-54H2,1-3H3/b18-15-,35-21-. The molecule has 6 nitrogen and oxygen atoms in total. The maximum Gasteiger partial charge on any atom is 0.306 e. The van der Waals surface area contributed by atoms with E-state index in [1.54, 1.807) is 0 Å². The molecule has 0 saturated heterocycles. The van der Waals surface area contributed by atoms with Gasteiger partial charge in [0.05, 0.1) is 0 Å². The summed E-state index contributed by atoms with van der Waals surface area (Å²) >= 11 is 0. The van der Waals surface area contributed by atoms with E-state index in [2.05, 4.69) is 45.1 Å². The Morgan fingerprint density at radius 2 is 0.562 bits per heavy atom. The number of carbonyl (C=O) groups is 3. The summed E-state index contributed by atoms with van der Waals surface area (Å²) in [5, 5.41) is 0. The predicted molar refractivity (Wildman–Crippen MR) is 275 cm³/mol. The molecule has 0 heterocycles. The largest absolute Gasteiger partial charge is 0.462 e. The first-order valence-electron chi connectivity index (χ1n) is 28.4. The predicted octanol–water partition coefficient (Wildman–Crippen LogP) is 18.7. The fourth-order valence-corrected chi connectivity index (χ4v) is 8.42. The molecule has 0 aliphatic heterocycles. The van der Waals surface area contributed by atoms with Gasteiger partial charge in [-0.3, -0.25) is 14.4 Å². The smallest absolute Gasteiger partial charge is 0.306 e. The minimum Gasteiger partial charge on any atom is -0.462 e. The van der Waals surface area contributed by atoms with Crippen LogP contribution in [0, 0.1) is 0 Å². The van der Waals surface area contributed by atoms with E-state index in [0.29, 0.717) is 19.3 Å².